The van der Waals surface area contributed by atoms with E-state index in [0.29, 0.717) is 19.8 Å². The molecule has 3 nitrogen and oxygen atoms in total. The van der Waals surface area contributed by atoms with Gasteiger partial charge in [-0.1, -0.05) is 36.9 Å². The highest BCUT2D eigenvalue weighted by atomic mass is 28.2. The van der Waals surface area contributed by atoms with Crippen molar-refractivity contribution in [1.29, 1.82) is 0 Å². The van der Waals surface area contributed by atoms with E-state index < -0.39 is 5.41 Å². The van der Waals surface area contributed by atoms with E-state index in [0.717, 1.165) is 11.1 Å². The first-order valence-corrected chi connectivity index (χ1v) is 7.43. The molecular formula is C15H22O3Si. The van der Waals surface area contributed by atoms with Gasteiger partial charge in [0, 0.05) is 13.2 Å². The summed E-state index contributed by atoms with van der Waals surface area (Å²) in [7, 11) is 0.134. The Morgan fingerprint density at radius 3 is 2.42 bits per heavy atom. The highest BCUT2D eigenvalue weighted by Crippen LogP contribution is 2.14. The quantitative estimate of drug-likeness (QED) is 0.513. The SMILES string of the molecule is C=Cc1ccccc1CO[Si]C(C)(OCC)OCC. The topological polar surface area (TPSA) is 27.7 Å². The van der Waals surface area contributed by atoms with Gasteiger partial charge in [-0.3, -0.25) is 0 Å². The third kappa shape index (κ3) is 5.28. The fraction of sp³-hybridized carbons (Fsp3) is 0.467. The van der Waals surface area contributed by atoms with Crippen molar-refractivity contribution in [2.45, 2.75) is 32.8 Å². The van der Waals surface area contributed by atoms with Gasteiger partial charge < -0.3 is 13.9 Å². The summed E-state index contributed by atoms with van der Waals surface area (Å²) >= 11 is 0. The van der Waals surface area contributed by atoms with E-state index in [-0.39, 0.29) is 9.76 Å². The summed E-state index contributed by atoms with van der Waals surface area (Å²) in [5, 5.41) is 0. The zero-order valence-corrected chi connectivity index (χ0v) is 12.9. The molecule has 1 aromatic carbocycles. The van der Waals surface area contributed by atoms with Crippen molar-refractivity contribution in [3.63, 3.8) is 0 Å². The summed E-state index contributed by atoms with van der Waals surface area (Å²) in [6.07, 6.45) is 1.84. The van der Waals surface area contributed by atoms with E-state index >= 15 is 0 Å². The van der Waals surface area contributed by atoms with E-state index in [2.05, 4.69) is 6.58 Å². The highest BCUT2D eigenvalue weighted by Gasteiger charge is 2.27. The van der Waals surface area contributed by atoms with Crippen molar-refractivity contribution in [3.05, 3.63) is 42.0 Å². The minimum absolute atomic E-state index is 0.134. The van der Waals surface area contributed by atoms with Gasteiger partial charge in [-0.2, -0.15) is 0 Å². The van der Waals surface area contributed by atoms with Crippen LogP contribution in [0.25, 0.3) is 6.08 Å². The van der Waals surface area contributed by atoms with Gasteiger partial charge in [0.05, 0.1) is 6.61 Å². The van der Waals surface area contributed by atoms with Crippen LogP contribution in [0.2, 0.25) is 0 Å². The summed E-state index contributed by atoms with van der Waals surface area (Å²) in [5.41, 5.74) is 1.58. The zero-order valence-electron chi connectivity index (χ0n) is 11.9. The number of hydrogen-bond acceptors (Lipinski definition) is 3. The Kier molecular flexibility index (Phi) is 7.01. The predicted octanol–water partition coefficient (Wildman–Crippen LogP) is 3.21. The second-order valence-electron chi connectivity index (χ2n) is 4.11. The minimum atomic E-state index is -0.646. The van der Waals surface area contributed by atoms with Crippen molar-refractivity contribution in [3.8, 4) is 0 Å². The zero-order chi connectivity index (χ0) is 14.1. The summed E-state index contributed by atoms with van der Waals surface area (Å²) < 4.78 is 17.0. The maximum Gasteiger partial charge on any atom is 0.304 e. The molecule has 0 fully saturated rings. The van der Waals surface area contributed by atoms with Crippen molar-refractivity contribution in [1.82, 2.24) is 0 Å². The largest absolute Gasteiger partial charge is 0.408 e. The van der Waals surface area contributed by atoms with Gasteiger partial charge >= 0.3 is 9.76 Å². The lowest BCUT2D eigenvalue weighted by Crippen LogP contribution is -2.40. The molecular weight excluding hydrogens is 256 g/mol. The summed E-state index contributed by atoms with van der Waals surface area (Å²) in [6.45, 7) is 11.4. The van der Waals surface area contributed by atoms with Gasteiger partial charge in [0.25, 0.3) is 0 Å². The first-order chi connectivity index (χ1) is 9.15. The van der Waals surface area contributed by atoms with Gasteiger partial charge in [-0.15, -0.1) is 0 Å². The van der Waals surface area contributed by atoms with Crippen molar-refractivity contribution in [2.75, 3.05) is 13.2 Å². The molecule has 0 aliphatic rings. The van der Waals surface area contributed by atoms with Gasteiger partial charge in [0.15, 0.2) is 5.41 Å². The van der Waals surface area contributed by atoms with Gasteiger partial charge in [-0.05, 0) is 31.9 Å². The molecule has 2 radical (unpaired) electrons. The molecule has 0 aromatic heterocycles. The maximum atomic E-state index is 5.76. The molecule has 0 bridgehead atoms. The van der Waals surface area contributed by atoms with Crippen molar-refractivity contribution >= 4 is 15.8 Å². The van der Waals surface area contributed by atoms with Crippen LogP contribution in [0, 0.1) is 0 Å². The molecule has 0 heterocycles. The smallest absolute Gasteiger partial charge is 0.304 e. The lowest BCUT2D eigenvalue weighted by Gasteiger charge is -2.27. The van der Waals surface area contributed by atoms with Crippen LogP contribution in [0.4, 0.5) is 0 Å². The second-order valence-corrected chi connectivity index (χ2v) is 5.51. The average molecular weight is 278 g/mol. The maximum absolute atomic E-state index is 5.76. The molecule has 0 unspecified atom stereocenters. The Bertz CT molecular complexity index is 387. The predicted molar refractivity (Wildman–Crippen MR) is 78.7 cm³/mol. The summed E-state index contributed by atoms with van der Waals surface area (Å²) in [5.74, 6) is 0. The van der Waals surface area contributed by atoms with Crippen LogP contribution in [0.3, 0.4) is 0 Å². The molecule has 0 atom stereocenters. The molecule has 104 valence electrons. The second kappa shape index (κ2) is 8.27. The summed E-state index contributed by atoms with van der Waals surface area (Å²) in [4.78, 5) is 0. The van der Waals surface area contributed by atoms with E-state index in [1.54, 1.807) is 0 Å². The molecule has 1 rings (SSSR count). The summed E-state index contributed by atoms with van der Waals surface area (Å²) in [6, 6.07) is 8.06. The third-order valence-electron chi connectivity index (χ3n) is 2.60. The molecule has 0 saturated carbocycles. The Morgan fingerprint density at radius 2 is 1.84 bits per heavy atom. The van der Waals surface area contributed by atoms with Gasteiger partial charge in [0.1, 0.15) is 0 Å². The van der Waals surface area contributed by atoms with Crippen LogP contribution >= 0.6 is 0 Å². The van der Waals surface area contributed by atoms with Gasteiger partial charge in [-0.25, -0.2) is 0 Å². The molecule has 0 saturated heterocycles. The first-order valence-electron chi connectivity index (χ1n) is 6.52. The van der Waals surface area contributed by atoms with Crippen LogP contribution in [-0.2, 0) is 20.5 Å². The average Bonchev–Trinajstić information content (AvgIpc) is 2.40. The Hall–Kier alpha value is -0.943. The number of rotatable bonds is 9. The fourth-order valence-electron chi connectivity index (χ4n) is 1.76. The third-order valence-corrected chi connectivity index (χ3v) is 3.55. The highest BCUT2D eigenvalue weighted by molar-refractivity contribution is 6.30. The Labute approximate surface area is 118 Å². The van der Waals surface area contributed by atoms with Crippen molar-refractivity contribution < 1.29 is 13.9 Å². The lowest BCUT2D eigenvalue weighted by atomic mass is 10.1. The fourth-order valence-corrected chi connectivity index (χ4v) is 2.66. The number of hydrogen-bond donors (Lipinski definition) is 0. The molecule has 0 aliphatic heterocycles. The first kappa shape index (κ1) is 16.1. The van der Waals surface area contributed by atoms with Crippen LogP contribution in [0.15, 0.2) is 30.8 Å². The molecule has 1 aromatic rings. The van der Waals surface area contributed by atoms with Crippen LogP contribution in [0.1, 0.15) is 31.9 Å². The molecule has 0 N–H and O–H groups in total. The van der Waals surface area contributed by atoms with Crippen LogP contribution in [-0.4, -0.2) is 28.4 Å². The molecule has 4 heteroatoms. The van der Waals surface area contributed by atoms with E-state index in [1.165, 1.54) is 0 Å². The number of ether oxygens (including phenoxy) is 2. The standard InChI is InChI=1S/C15H22O3Si/c1-5-13-10-8-9-11-14(13)12-18-19-15(4,16-6-2)17-7-3/h5,8-11H,1,6-7,12H2,2-4H3. The molecule has 19 heavy (non-hydrogen) atoms. The molecule has 0 spiro atoms. The lowest BCUT2D eigenvalue weighted by molar-refractivity contribution is -0.170. The van der Waals surface area contributed by atoms with Gasteiger partial charge in [0.2, 0.25) is 0 Å². The Balaban J connectivity index is 2.54. The van der Waals surface area contributed by atoms with Crippen molar-refractivity contribution in [2.24, 2.45) is 0 Å². The van der Waals surface area contributed by atoms with E-state index in [9.17, 15) is 0 Å². The van der Waals surface area contributed by atoms with E-state index in [4.69, 9.17) is 13.9 Å². The number of benzene rings is 1. The Morgan fingerprint density at radius 1 is 1.21 bits per heavy atom. The molecule has 0 amide bonds. The van der Waals surface area contributed by atoms with Crippen LogP contribution in [0.5, 0.6) is 0 Å². The normalized spacial score (nSPS) is 11.5. The molecule has 0 aliphatic carbocycles. The minimum Gasteiger partial charge on any atom is -0.408 e. The van der Waals surface area contributed by atoms with Crippen LogP contribution < -0.4 is 0 Å². The van der Waals surface area contributed by atoms with E-state index in [1.807, 2.05) is 51.1 Å². The monoisotopic (exact) mass is 278 g/mol.